The summed E-state index contributed by atoms with van der Waals surface area (Å²) >= 11 is 3.63. The van der Waals surface area contributed by atoms with Gasteiger partial charge in [0.15, 0.2) is 0 Å². The van der Waals surface area contributed by atoms with Crippen LogP contribution in [0.1, 0.15) is 61.7 Å². The van der Waals surface area contributed by atoms with Gasteiger partial charge in [-0.1, -0.05) is 20.8 Å². The van der Waals surface area contributed by atoms with Crippen LogP contribution in [-0.2, 0) is 0 Å². The van der Waals surface area contributed by atoms with Gasteiger partial charge in [0.05, 0.1) is 11.2 Å². The fraction of sp³-hybridized carbons (Fsp3) is 0.364. The number of pyridine rings is 1. The smallest absolute Gasteiger partial charge is 0.341 e. The van der Waals surface area contributed by atoms with Gasteiger partial charge >= 0.3 is 5.97 Å². The molecule has 3 aromatic rings. The molecule has 1 aliphatic heterocycles. The maximum Gasteiger partial charge on any atom is 0.341 e. The van der Waals surface area contributed by atoms with Crippen LogP contribution in [-0.4, -0.2) is 20.6 Å². The molecule has 1 aromatic carbocycles. The molecule has 1 atom stereocenters. The number of carboxylic acid groups (broad SMARTS) is 1. The number of aromatic amines is 1. The van der Waals surface area contributed by atoms with Crippen molar-refractivity contribution in [2.24, 2.45) is 5.41 Å². The zero-order valence-electron chi connectivity index (χ0n) is 16.4. The minimum absolute atomic E-state index is 0.0304. The van der Waals surface area contributed by atoms with E-state index in [4.69, 9.17) is 4.74 Å². The van der Waals surface area contributed by atoms with E-state index in [-0.39, 0.29) is 23.1 Å². The second kappa shape index (κ2) is 5.98. The Hall–Kier alpha value is -2.54. The van der Waals surface area contributed by atoms with E-state index < -0.39 is 11.5 Å². The third-order valence-electron chi connectivity index (χ3n) is 5.71. The van der Waals surface area contributed by atoms with Gasteiger partial charge in [-0.15, -0.1) is 0 Å². The summed E-state index contributed by atoms with van der Waals surface area (Å²) in [6.07, 6.45) is 3.23. The lowest BCUT2D eigenvalue weighted by Crippen LogP contribution is -2.34. The fourth-order valence-electron chi connectivity index (χ4n) is 4.27. The van der Waals surface area contributed by atoms with Crippen LogP contribution in [0.3, 0.4) is 0 Å². The number of aromatic nitrogens is 2. The van der Waals surface area contributed by atoms with Gasteiger partial charge in [-0.25, -0.2) is 4.79 Å². The molecule has 1 saturated carbocycles. The molecule has 0 radical (unpaired) electrons. The maximum absolute atomic E-state index is 13.2. The highest BCUT2D eigenvalue weighted by molar-refractivity contribution is 9.10. The molecule has 3 heterocycles. The molecule has 0 amide bonds. The zero-order chi connectivity index (χ0) is 20.7. The van der Waals surface area contributed by atoms with Crippen molar-refractivity contribution in [2.45, 2.75) is 45.8 Å². The lowest BCUT2D eigenvalue weighted by molar-refractivity contribution is 0.0689. The molecule has 0 spiro atoms. The van der Waals surface area contributed by atoms with Crippen molar-refractivity contribution < 1.29 is 14.6 Å². The van der Waals surface area contributed by atoms with E-state index in [1.807, 2.05) is 18.3 Å². The van der Waals surface area contributed by atoms with E-state index in [0.29, 0.717) is 0 Å². The van der Waals surface area contributed by atoms with Crippen LogP contribution < -0.4 is 10.3 Å². The Balaban J connectivity index is 1.95. The summed E-state index contributed by atoms with van der Waals surface area (Å²) in [5.41, 5.74) is 2.36. The molecule has 7 heteroatoms. The average molecular weight is 457 g/mol. The Bertz CT molecular complexity index is 1240. The largest absolute Gasteiger partial charge is 0.484 e. The summed E-state index contributed by atoms with van der Waals surface area (Å²) in [6, 6.07) is 5.48. The number of nitrogens with zero attached hydrogens (tertiary/aromatic N) is 1. The number of hydrogen-bond acceptors (Lipinski definition) is 3. The first-order valence-corrected chi connectivity index (χ1v) is 10.5. The molecule has 0 saturated heterocycles. The summed E-state index contributed by atoms with van der Waals surface area (Å²) in [6.45, 7) is 6.19. The molecular formula is C22H21BrN2O4. The van der Waals surface area contributed by atoms with E-state index in [9.17, 15) is 14.7 Å². The number of aromatic carboxylic acids is 1. The third kappa shape index (κ3) is 2.67. The predicted octanol–water partition coefficient (Wildman–Crippen LogP) is 5.27. The molecule has 2 N–H and O–H groups in total. The molecular weight excluding hydrogens is 436 g/mol. The highest BCUT2D eigenvalue weighted by Gasteiger charge is 2.41. The van der Waals surface area contributed by atoms with Crippen LogP contribution in [0.5, 0.6) is 5.75 Å². The van der Waals surface area contributed by atoms with Gasteiger partial charge in [0.25, 0.3) is 5.56 Å². The van der Waals surface area contributed by atoms with Crippen molar-refractivity contribution in [2.75, 3.05) is 0 Å². The van der Waals surface area contributed by atoms with Crippen molar-refractivity contribution in [3.05, 3.63) is 50.3 Å². The van der Waals surface area contributed by atoms with Crippen molar-refractivity contribution in [1.29, 1.82) is 0 Å². The van der Waals surface area contributed by atoms with Gasteiger partial charge in [0.1, 0.15) is 17.4 Å². The Morgan fingerprint density at radius 1 is 1.31 bits per heavy atom. The van der Waals surface area contributed by atoms with Crippen molar-refractivity contribution in [1.82, 2.24) is 9.55 Å². The number of carbonyl (C=O) groups is 1. The number of ether oxygens (including phenoxy) is 1. The standard InChI is InChI=1S/C22H21BrN2O4/c1-22(2,3)19-13-8-14(21(27)28)20(26)25(10-4-5-10)17(13)12-9-15(23)16-11(6-7-24-16)18(12)29-19/h6-10,19,24H,4-5H2,1-3H3,(H,27,28)/t19-/m1/s1. The molecule has 2 aromatic heterocycles. The first-order chi connectivity index (χ1) is 13.7. The number of rotatable bonds is 2. The van der Waals surface area contributed by atoms with Crippen LogP contribution in [0, 0.1) is 5.41 Å². The number of halogens is 1. The number of H-pyrrole nitrogens is 1. The highest BCUT2D eigenvalue weighted by atomic mass is 79.9. The van der Waals surface area contributed by atoms with Crippen molar-refractivity contribution in [3.8, 4) is 17.0 Å². The van der Waals surface area contributed by atoms with Gasteiger partial charge in [-0.2, -0.15) is 0 Å². The van der Waals surface area contributed by atoms with Crippen molar-refractivity contribution >= 4 is 32.8 Å². The number of hydrogen-bond donors (Lipinski definition) is 2. The predicted molar refractivity (Wildman–Crippen MR) is 114 cm³/mol. The molecule has 0 bridgehead atoms. The first-order valence-electron chi connectivity index (χ1n) is 9.68. The monoisotopic (exact) mass is 456 g/mol. The second-order valence-electron chi connectivity index (χ2n) is 8.94. The van der Waals surface area contributed by atoms with Crippen LogP contribution >= 0.6 is 15.9 Å². The summed E-state index contributed by atoms with van der Waals surface area (Å²) < 4.78 is 9.10. The van der Waals surface area contributed by atoms with Gasteiger partial charge in [-0.05, 0) is 47.0 Å². The minimum Gasteiger partial charge on any atom is -0.484 e. The maximum atomic E-state index is 13.2. The highest BCUT2D eigenvalue weighted by Crippen LogP contribution is 2.53. The summed E-state index contributed by atoms with van der Waals surface area (Å²) in [4.78, 5) is 28.2. The SMILES string of the molecule is CC(C)(C)[C@@H]1Oc2c(cc(Br)c3[nH]ccc23)-c2c1cc(C(=O)O)c(=O)n2C1CC1. The Morgan fingerprint density at radius 2 is 2.03 bits per heavy atom. The van der Waals surface area contributed by atoms with Crippen LogP contribution in [0.15, 0.2) is 33.7 Å². The van der Waals surface area contributed by atoms with E-state index in [1.165, 1.54) is 6.07 Å². The van der Waals surface area contributed by atoms with E-state index >= 15 is 0 Å². The molecule has 5 rings (SSSR count). The number of nitrogens with one attached hydrogen (secondary N) is 1. The van der Waals surface area contributed by atoms with E-state index in [2.05, 4.69) is 41.7 Å². The molecule has 29 heavy (non-hydrogen) atoms. The Kier molecular flexibility index (Phi) is 3.81. The summed E-state index contributed by atoms with van der Waals surface area (Å²) in [5.74, 6) is -0.471. The minimum atomic E-state index is -1.20. The molecule has 0 unspecified atom stereocenters. The summed E-state index contributed by atoms with van der Waals surface area (Å²) in [7, 11) is 0. The lowest BCUT2D eigenvalue weighted by atomic mass is 9.80. The first kappa shape index (κ1) is 18.5. The summed E-state index contributed by atoms with van der Waals surface area (Å²) in [5, 5.41) is 10.6. The van der Waals surface area contributed by atoms with Crippen molar-refractivity contribution in [3.63, 3.8) is 0 Å². The van der Waals surface area contributed by atoms with Gasteiger partial charge in [0.2, 0.25) is 0 Å². The van der Waals surface area contributed by atoms with Gasteiger partial charge in [-0.3, -0.25) is 4.79 Å². The Morgan fingerprint density at radius 3 is 2.66 bits per heavy atom. The van der Waals surface area contributed by atoms with Gasteiger partial charge in [0, 0.05) is 38.6 Å². The lowest BCUT2D eigenvalue weighted by Gasteiger charge is -2.38. The molecule has 1 aliphatic carbocycles. The number of carboxylic acids is 1. The normalized spacial score (nSPS) is 18.3. The Labute approximate surface area is 175 Å². The quantitative estimate of drug-likeness (QED) is 0.549. The van der Waals surface area contributed by atoms with Crippen LogP contribution in [0.2, 0.25) is 0 Å². The second-order valence-corrected chi connectivity index (χ2v) is 9.79. The topological polar surface area (TPSA) is 84.3 Å². The van der Waals surface area contributed by atoms with Gasteiger partial charge < -0.3 is 19.4 Å². The van der Waals surface area contributed by atoms with Crippen LogP contribution in [0.25, 0.3) is 22.2 Å². The number of fused-ring (bicyclic) bond motifs is 5. The fourth-order valence-corrected chi connectivity index (χ4v) is 4.83. The average Bonchev–Trinajstić information content (AvgIpc) is 3.34. The third-order valence-corrected chi connectivity index (χ3v) is 6.34. The molecule has 6 nitrogen and oxygen atoms in total. The van der Waals surface area contributed by atoms with E-state index in [1.54, 1.807) is 4.57 Å². The molecule has 150 valence electrons. The van der Waals surface area contributed by atoms with E-state index in [0.717, 1.165) is 50.8 Å². The molecule has 1 fully saturated rings. The zero-order valence-corrected chi connectivity index (χ0v) is 18.0. The van der Waals surface area contributed by atoms with Crippen LogP contribution in [0.4, 0.5) is 0 Å². The number of benzene rings is 1. The molecule has 2 aliphatic rings.